The van der Waals surface area contributed by atoms with Gasteiger partial charge in [-0.05, 0) is 54.7 Å². The summed E-state index contributed by atoms with van der Waals surface area (Å²) in [5.74, 6) is -0.0535. The first-order valence-corrected chi connectivity index (χ1v) is 9.37. The molecule has 2 aromatic carbocycles. The van der Waals surface area contributed by atoms with Crippen molar-refractivity contribution in [3.05, 3.63) is 88.4 Å². The van der Waals surface area contributed by atoms with Gasteiger partial charge < -0.3 is 9.67 Å². The molecule has 1 N–H and O–H groups in total. The van der Waals surface area contributed by atoms with Crippen LogP contribution >= 0.6 is 23.2 Å². The van der Waals surface area contributed by atoms with Gasteiger partial charge in [-0.3, -0.25) is 0 Å². The zero-order valence-electron chi connectivity index (χ0n) is 14.8. The van der Waals surface area contributed by atoms with Gasteiger partial charge in [-0.2, -0.15) is 0 Å². The zero-order chi connectivity index (χ0) is 18.7. The summed E-state index contributed by atoms with van der Waals surface area (Å²) in [6, 6.07) is 15.0. The molecular formula is C21H22Cl2N2O. The van der Waals surface area contributed by atoms with Gasteiger partial charge >= 0.3 is 0 Å². The third kappa shape index (κ3) is 3.80. The van der Waals surface area contributed by atoms with Gasteiger partial charge in [0, 0.05) is 22.4 Å². The molecule has 0 amide bonds. The molecule has 3 rings (SSSR count). The maximum Gasteiger partial charge on any atom is 0.113 e. The molecule has 0 aliphatic carbocycles. The van der Waals surface area contributed by atoms with Crippen LogP contribution < -0.4 is 0 Å². The predicted octanol–water partition coefficient (Wildman–Crippen LogP) is 5.52. The van der Waals surface area contributed by atoms with Crippen LogP contribution in [-0.2, 0) is 12.0 Å². The highest BCUT2D eigenvalue weighted by Crippen LogP contribution is 2.41. The molecule has 0 fully saturated rings. The second kappa shape index (κ2) is 7.83. The van der Waals surface area contributed by atoms with Crippen molar-refractivity contribution in [2.75, 3.05) is 0 Å². The summed E-state index contributed by atoms with van der Waals surface area (Å²) in [6.45, 7) is 4.07. The third-order valence-corrected chi connectivity index (χ3v) is 5.63. The molecule has 3 unspecified atom stereocenters. The summed E-state index contributed by atoms with van der Waals surface area (Å²) in [7, 11) is 0. The minimum absolute atomic E-state index is 0.0535. The number of aliphatic hydroxyl groups is 1. The number of hydrogen-bond acceptors (Lipinski definition) is 2. The average Bonchev–Trinajstić information content (AvgIpc) is 3.17. The van der Waals surface area contributed by atoms with Gasteiger partial charge in [0.25, 0.3) is 0 Å². The van der Waals surface area contributed by atoms with E-state index in [1.807, 2.05) is 66.2 Å². The fraction of sp³-hybridized carbons (Fsp3) is 0.286. The lowest BCUT2D eigenvalue weighted by atomic mass is 9.74. The van der Waals surface area contributed by atoms with E-state index in [4.69, 9.17) is 23.2 Å². The first-order valence-electron chi connectivity index (χ1n) is 8.61. The molecule has 26 heavy (non-hydrogen) atoms. The number of hydrogen-bond donors (Lipinski definition) is 1. The van der Waals surface area contributed by atoms with Crippen LogP contribution in [0.4, 0.5) is 0 Å². The smallest absolute Gasteiger partial charge is 0.113 e. The average molecular weight is 389 g/mol. The van der Waals surface area contributed by atoms with E-state index in [2.05, 4.69) is 11.9 Å². The topological polar surface area (TPSA) is 38.0 Å². The Bertz CT molecular complexity index is 831. The van der Waals surface area contributed by atoms with Gasteiger partial charge in [0.2, 0.25) is 0 Å². The Morgan fingerprint density at radius 3 is 2.12 bits per heavy atom. The Morgan fingerprint density at radius 1 is 1.00 bits per heavy atom. The number of halogens is 2. The number of aromatic nitrogens is 2. The summed E-state index contributed by atoms with van der Waals surface area (Å²) in [5, 5.41) is 13.2. The van der Waals surface area contributed by atoms with E-state index in [0.717, 1.165) is 17.5 Å². The molecule has 3 nitrogen and oxygen atoms in total. The van der Waals surface area contributed by atoms with E-state index in [1.54, 1.807) is 12.5 Å². The largest absolute Gasteiger partial charge is 0.383 e. The minimum Gasteiger partial charge on any atom is -0.383 e. The first kappa shape index (κ1) is 19.0. The van der Waals surface area contributed by atoms with Crippen LogP contribution in [0.5, 0.6) is 0 Å². The van der Waals surface area contributed by atoms with E-state index >= 15 is 0 Å². The predicted molar refractivity (Wildman–Crippen MR) is 107 cm³/mol. The quantitative estimate of drug-likeness (QED) is 0.603. The summed E-state index contributed by atoms with van der Waals surface area (Å²) in [6.07, 6.45) is 6.05. The van der Waals surface area contributed by atoms with Crippen molar-refractivity contribution in [1.29, 1.82) is 0 Å². The normalized spacial score (nSPS) is 16.0. The van der Waals surface area contributed by atoms with Crippen LogP contribution in [0.1, 0.15) is 31.0 Å². The Kier molecular flexibility index (Phi) is 5.71. The number of benzene rings is 2. The van der Waals surface area contributed by atoms with Crippen molar-refractivity contribution in [2.24, 2.45) is 5.92 Å². The second-order valence-corrected chi connectivity index (χ2v) is 7.62. The molecule has 0 aliphatic heterocycles. The maximum atomic E-state index is 11.9. The van der Waals surface area contributed by atoms with E-state index in [-0.39, 0.29) is 12.0 Å². The van der Waals surface area contributed by atoms with Crippen molar-refractivity contribution >= 4 is 23.2 Å². The maximum absolute atomic E-state index is 11.9. The van der Waals surface area contributed by atoms with Crippen LogP contribution in [0, 0.1) is 5.92 Å². The summed E-state index contributed by atoms with van der Waals surface area (Å²) in [5.41, 5.74) is 0.877. The van der Waals surface area contributed by atoms with Gasteiger partial charge in [0.1, 0.15) is 5.60 Å². The number of imidazole rings is 1. The highest BCUT2D eigenvalue weighted by Gasteiger charge is 2.41. The first-order chi connectivity index (χ1) is 12.4. The molecule has 1 aromatic heterocycles. The highest BCUT2D eigenvalue weighted by atomic mass is 35.5. The Balaban J connectivity index is 1.98. The van der Waals surface area contributed by atoms with Crippen LogP contribution in [-0.4, -0.2) is 14.7 Å². The van der Waals surface area contributed by atoms with Crippen LogP contribution in [0.15, 0.2) is 67.3 Å². The molecule has 3 aromatic rings. The minimum atomic E-state index is -1.09. The van der Waals surface area contributed by atoms with Gasteiger partial charge in [0.15, 0.2) is 0 Å². The summed E-state index contributed by atoms with van der Waals surface area (Å²) >= 11 is 12.1. The molecule has 0 bridgehead atoms. The van der Waals surface area contributed by atoms with Crippen LogP contribution in [0.25, 0.3) is 0 Å². The van der Waals surface area contributed by atoms with Crippen molar-refractivity contribution in [3.8, 4) is 0 Å². The molecule has 0 radical (unpaired) electrons. The number of nitrogens with zero attached hydrogens (tertiary/aromatic N) is 2. The van der Waals surface area contributed by atoms with Gasteiger partial charge in [0.05, 0.1) is 12.4 Å². The molecule has 0 saturated heterocycles. The van der Waals surface area contributed by atoms with Gasteiger partial charge in [-0.15, -0.1) is 0 Å². The molecule has 0 saturated carbocycles. The Labute approximate surface area is 164 Å². The lowest BCUT2D eigenvalue weighted by Crippen LogP contribution is -2.42. The molecular weight excluding hydrogens is 367 g/mol. The Hall–Kier alpha value is -1.81. The highest BCUT2D eigenvalue weighted by molar-refractivity contribution is 6.30. The fourth-order valence-corrected chi connectivity index (χ4v) is 3.76. The Morgan fingerprint density at radius 2 is 1.58 bits per heavy atom. The van der Waals surface area contributed by atoms with E-state index in [1.165, 1.54) is 0 Å². The SMILES string of the molecule is CC(Cc1ccc(Cl)cc1)C(O)(c1ccc(Cl)cc1)C(C)n1ccnc1. The fourth-order valence-electron chi connectivity index (χ4n) is 3.51. The molecule has 3 atom stereocenters. The van der Waals surface area contributed by atoms with E-state index in [0.29, 0.717) is 10.0 Å². The molecule has 136 valence electrons. The lowest BCUT2D eigenvalue weighted by molar-refractivity contribution is -0.0594. The molecule has 5 heteroatoms. The van der Waals surface area contributed by atoms with Gasteiger partial charge in [-0.25, -0.2) is 4.98 Å². The molecule has 0 spiro atoms. The van der Waals surface area contributed by atoms with E-state index < -0.39 is 5.60 Å². The van der Waals surface area contributed by atoms with Crippen LogP contribution in [0.3, 0.4) is 0 Å². The zero-order valence-corrected chi connectivity index (χ0v) is 16.3. The van der Waals surface area contributed by atoms with Crippen molar-refractivity contribution < 1.29 is 5.11 Å². The van der Waals surface area contributed by atoms with Crippen molar-refractivity contribution in [1.82, 2.24) is 9.55 Å². The molecule has 1 heterocycles. The van der Waals surface area contributed by atoms with Gasteiger partial charge in [-0.1, -0.05) is 54.4 Å². The van der Waals surface area contributed by atoms with Crippen LogP contribution in [0.2, 0.25) is 10.0 Å². The van der Waals surface area contributed by atoms with E-state index in [9.17, 15) is 5.11 Å². The van der Waals surface area contributed by atoms with Crippen molar-refractivity contribution in [3.63, 3.8) is 0 Å². The number of rotatable bonds is 6. The monoisotopic (exact) mass is 388 g/mol. The summed E-state index contributed by atoms with van der Waals surface area (Å²) in [4.78, 5) is 4.13. The summed E-state index contributed by atoms with van der Waals surface area (Å²) < 4.78 is 1.94. The lowest BCUT2D eigenvalue weighted by Gasteiger charge is -2.40. The second-order valence-electron chi connectivity index (χ2n) is 6.75. The standard InChI is InChI=1S/C21H22Cl2N2O/c1-15(13-17-3-7-19(22)8-4-17)21(26,16(2)25-12-11-24-14-25)18-5-9-20(23)10-6-18/h3-12,14-16,26H,13H2,1-2H3. The third-order valence-electron chi connectivity index (χ3n) is 5.12. The van der Waals surface area contributed by atoms with Crippen molar-refractivity contribution in [2.45, 2.75) is 31.9 Å². The molecule has 0 aliphatic rings.